The maximum atomic E-state index is 10.7. The van der Waals surface area contributed by atoms with E-state index in [2.05, 4.69) is 48.0 Å². The average Bonchev–Trinajstić information content (AvgIpc) is 2.67. The topological polar surface area (TPSA) is 20.2 Å². The number of halogens is 1. The molecule has 0 bridgehead atoms. The monoisotopic (exact) mass is 324 g/mol. The van der Waals surface area contributed by atoms with E-state index in [0.29, 0.717) is 6.42 Å². The summed E-state index contributed by atoms with van der Waals surface area (Å²) in [5.74, 6) is 0. The minimum atomic E-state index is -0.817. The molecular formula is C15H17BrOS. The molecule has 0 radical (unpaired) electrons. The standard InChI is InChI=1S/C15H17BrOS/c1-10-4-5-12(6-11(10)2)15(3,17)8-14-7-13(16)9-18-14/h4-7,9,17H,8H2,1-3H3. The van der Waals surface area contributed by atoms with Gasteiger partial charge in [0.25, 0.3) is 0 Å². The summed E-state index contributed by atoms with van der Waals surface area (Å²) in [6.45, 7) is 6.05. The molecule has 0 fully saturated rings. The molecule has 0 spiro atoms. The molecule has 0 amide bonds. The Hall–Kier alpha value is -0.640. The first-order chi connectivity index (χ1) is 8.38. The van der Waals surface area contributed by atoms with E-state index in [9.17, 15) is 5.11 Å². The first-order valence-corrected chi connectivity index (χ1v) is 7.59. The van der Waals surface area contributed by atoms with Gasteiger partial charge >= 0.3 is 0 Å². The highest BCUT2D eigenvalue weighted by Crippen LogP contribution is 2.30. The van der Waals surface area contributed by atoms with E-state index in [-0.39, 0.29) is 0 Å². The van der Waals surface area contributed by atoms with Crippen molar-refractivity contribution in [1.29, 1.82) is 0 Å². The fourth-order valence-corrected chi connectivity index (χ4v) is 3.56. The van der Waals surface area contributed by atoms with Crippen molar-refractivity contribution in [3.8, 4) is 0 Å². The lowest BCUT2D eigenvalue weighted by atomic mass is 9.90. The van der Waals surface area contributed by atoms with Crippen LogP contribution in [0.5, 0.6) is 0 Å². The van der Waals surface area contributed by atoms with Crippen LogP contribution < -0.4 is 0 Å². The van der Waals surface area contributed by atoms with Crippen molar-refractivity contribution in [3.05, 3.63) is 55.7 Å². The van der Waals surface area contributed by atoms with Crippen molar-refractivity contribution >= 4 is 27.3 Å². The van der Waals surface area contributed by atoms with Gasteiger partial charge in [0.15, 0.2) is 0 Å². The van der Waals surface area contributed by atoms with Crippen molar-refractivity contribution in [1.82, 2.24) is 0 Å². The quantitative estimate of drug-likeness (QED) is 0.876. The van der Waals surface area contributed by atoms with E-state index < -0.39 is 5.60 Å². The van der Waals surface area contributed by atoms with Crippen LogP contribution in [0.2, 0.25) is 0 Å². The van der Waals surface area contributed by atoms with E-state index in [1.807, 2.05) is 18.4 Å². The maximum Gasteiger partial charge on any atom is 0.0916 e. The summed E-state index contributed by atoms with van der Waals surface area (Å²) >= 11 is 5.12. The molecule has 0 saturated carbocycles. The molecule has 18 heavy (non-hydrogen) atoms. The minimum absolute atomic E-state index is 0.645. The van der Waals surface area contributed by atoms with E-state index in [1.54, 1.807) is 11.3 Å². The predicted octanol–water partition coefficient (Wildman–Crippen LogP) is 4.58. The number of hydrogen-bond donors (Lipinski definition) is 1. The Labute approximate surface area is 121 Å². The first-order valence-electron chi connectivity index (χ1n) is 5.91. The highest BCUT2D eigenvalue weighted by atomic mass is 79.9. The van der Waals surface area contributed by atoms with Crippen LogP contribution in [0.1, 0.15) is 28.5 Å². The van der Waals surface area contributed by atoms with Crippen molar-refractivity contribution in [3.63, 3.8) is 0 Å². The molecule has 0 aliphatic carbocycles. The summed E-state index contributed by atoms with van der Waals surface area (Å²) in [6, 6.07) is 8.24. The number of hydrogen-bond acceptors (Lipinski definition) is 2. The zero-order chi connectivity index (χ0) is 13.3. The Kier molecular flexibility index (Phi) is 3.95. The van der Waals surface area contributed by atoms with E-state index in [1.165, 1.54) is 16.0 Å². The molecule has 1 nitrogen and oxygen atoms in total. The number of rotatable bonds is 3. The molecule has 0 aliphatic heterocycles. The van der Waals surface area contributed by atoms with E-state index in [0.717, 1.165) is 10.0 Å². The predicted molar refractivity (Wildman–Crippen MR) is 81.2 cm³/mol. The van der Waals surface area contributed by atoms with Gasteiger partial charge in [0, 0.05) is 21.2 Å². The fraction of sp³-hybridized carbons (Fsp3) is 0.333. The third-order valence-electron chi connectivity index (χ3n) is 3.27. The lowest BCUT2D eigenvalue weighted by Gasteiger charge is -2.24. The van der Waals surface area contributed by atoms with Gasteiger partial charge in [-0.25, -0.2) is 0 Å². The molecule has 1 aromatic carbocycles. The number of benzene rings is 1. The van der Waals surface area contributed by atoms with Gasteiger partial charge in [-0.15, -0.1) is 11.3 Å². The Morgan fingerprint density at radius 2 is 1.94 bits per heavy atom. The van der Waals surface area contributed by atoms with E-state index in [4.69, 9.17) is 0 Å². The Morgan fingerprint density at radius 1 is 1.22 bits per heavy atom. The molecule has 1 atom stereocenters. The molecule has 0 saturated heterocycles. The SMILES string of the molecule is Cc1ccc(C(C)(O)Cc2cc(Br)cs2)cc1C. The second kappa shape index (κ2) is 5.16. The molecule has 2 rings (SSSR count). The van der Waals surface area contributed by atoms with Gasteiger partial charge in [0.05, 0.1) is 5.60 Å². The molecule has 96 valence electrons. The lowest BCUT2D eigenvalue weighted by molar-refractivity contribution is 0.0584. The number of aryl methyl sites for hydroxylation is 2. The van der Waals surface area contributed by atoms with Gasteiger partial charge in [0.2, 0.25) is 0 Å². The molecule has 2 aromatic rings. The van der Waals surface area contributed by atoms with Crippen LogP contribution in [0.3, 0.4) is 0 Å². The van der Waals surface area contributed by atoms with Crippen LogP contribution in [0, 0.1) is 13.8 Å². The van der Waals surface area contributed by atoms with Crippen LogP contribution in [-0.2, 0) is 12.0 Å². The largest absolute Gasteiger partial charge is 0.385 e. The average molecular weight is 325 g/mol. The van der Waals surface area contributed by atoms with Gasteiger partial charge in [-0.2, -0.15) is 0 Å². The molecule has 1 unspecified atom stereocenters. The lowest BCUT2D eigenvalue weighted by Crippen LogP contribution is -2.24. The Morgan fingerprint density at radius 3 is 2.50 bits per heavy atom. The molecule has 3 heteroatoms. The van der Waals surface area contributed by atoms with Crippen molar-refractivity contribution < 1.29 is 5.11 Å². The zero-order valence-corrected chi connectivity index (χ0v) is 13.2. The third kappa shape index (κ3) is 3.02. The molecular weight excluding hydrogens is 308 g/mol. The third-order valence-corrected chi connectivity index (χ3v) is 4.97. The van der Waals surface area contributed by atoms with Crippen molar-refractivity contribution in [2.45, 2.75) is 32.8 Å². The Bertz CT molecular complexity index is 557. The number of aliphatic hydroxyl groups is 1. The van der Waals surface area contributed by atoms with Crippen LogP contribution >= 0.6 is 27.3 Å². The van der Waals surface area contributed by atoms with Crippen molar-refractivity contribution in [2.75, 3.05) is 0 Å². The molecule has 1 heterocycles. The zero-order valence-electron chi connectivity index (χ0n) is 10.8. The van der Waals surface area contributed by atoms with Gasteiger partial charge < -0.3 is 5.11 Å². The molecule has 1 N–H and O–H groups in total. The van der Waals surface area contributed by atoms with Gasteiger partial charge in [0.1, 0.15) is 0 Å². The van der Waals surface area contributed by atoms with Gasteiger partial charge in [-0.1, -0.05) is 18.2 Å². The summed E-state index contributed by atoms with van der Waals surface area (Å²) in [5, 5.41) is 12.7. The maximum absolute atomic E-state index is 10.7. The summed E-state index contributed by atoms with van der Waals surface area (Å²) in [5.41, 5.74) is 2.65. The van der Waals surface area contributed by atoms with E-state index >= 15 is 0 Å². The van der Waals surface area contributed by atoms with Gasteiger partial charge in [-0.05, 0) is 59.5 Å². The van der Waals surface area contributed by atoms with Crippen LogP contribution in [0.15, 0.2) is 34.1 Å². The number of thiophene rings is 1. The summed E-state index contributed by atoms with van der Waals surface area (Å²) in [7, 11) is 0. The van der Waals surface area contributed by atoms with Crippen LogP contribution in [0.4, 0.5) is 0 Å². The summed E-state index contributed by atoms with van der Waals surface area (Å²) in [6.07, 6.45) is 0.645. The van der Waals surface area contributed by atoms with Crippen LogP contribution in [0.25, 0.3) is 0 Å². The van der Waals surface area contributed by atoms with Gasteiger partial charge in [-0.3, -0.25) is 0 Å². The fourth-order valence-electron chi connectivity index (χ4n) is 1.96. The minimum Gasteiger partial charge on any atom is -0.385 e. The first kappa shape index (κ1) is 13.8. The molecule has 0 aliphatic rings. The summed E-state index contributed by atoms with van der Waals surface area (Å²) < 4.78 is 1.08. The smallest absolute Gasteiger partial charge is 0.0916 e. The van der Waals surface area contributed by atoms with Crippen LogP contribution in [-0.4, -0.2) is 5.11 Å². The molecule has 1 aromatic heterocycles. The normalized spacial score (nSPS) is 14.5. The highest BCUT2D eigenvalue weighted by molar-refractivity contribution is 9.10. The second-order valence-electron chi connectivity index (χ2n) is 4.98. The van der Waals surface area contributed by atoms with Crippen molar-refractivity contribution in [2.24, 2.45) is 0 Å². The Balaban J connectivity index is 2.26. The summed E-state index contributed by atoms with van der Waals surface area (Å²) in [4.78, 5) is 1.19. The highest BCUT2D eigenvalue weighted by Gasteiger charge is 2.24. The second-order valence-corrected chi connectivity index (χ2v) is 6.89.